The molecule has 8 heteroatoms. The maximum atomic E-state index is 13.3. The minimum Gasteiger partial charge on any atom is -0.497 e. The largest absolute Gasteiger partial charge is 0.497 e. The van der Waals surface area contributed by atoms with Gasteiger partial charge in [0, 0.05) is 19.8 Å². The zero-order valence-corrected chi connectivity index (χ0v) is 17.1. The summed E-state index contributed by atoms with van der Waals surface area (Å²) in [6, 6.07) is 14.3. The number of benzene rings is 2. The molecule has 1 saturated heterocycles. The molecule has 1 atom stereocenters. The fraction of sp³-hybridized carbons (Fsp3) is 0.318. The highest BCUT2D eigenvalue weighted by atomic mass is 16.7. The van der Waals surface area contributed by atoms with Crippen LogP contribution in [0.5, 0.6) is 5.75 Å². The van der Waals surface area contributed by atoms with Gasteiger partial charge in [0.05, 0.1) is 25.8 Å². The van der Waals surface area contributed by atoms with Crippen molar-refractivity contribution in [2.24, 2.45) is 0 Å². The molecular formula is C22H24N2O6. The number of methoxy groups -OCH3 is 3. The van der Waals surface area contributed by atoms with Crippen LogP contribution in [0.2, 0.25) is 0 Å². The summed E-state index contributed by atoms with van der Waals surface area (Å²) in [7, 11) is 4.39. The Balaban J connectivity index is 1.95. The van der Waals surface area contributed by atoms with Crippen LogP contribution in [0.25, 0.3) is 0 Å². The Morgan fingerprint density at radius 1 is 1.07 bits per heavy atom. The third kappa shape index (κ3) is 4.34. The number of carbonyl (C=O) groups excluding carboxylic acids is 3. The molecule has 8 nitrogen and oxygen atoms in total. The minimum absolute atomic E-state index is 0.0185. The Bertz CT molecular complexity index is 913. The van der Waals surface area contributed by atoms with E-state index in [0.717, 1.165) is 4.90 Å². The monoisotopic (exact) mass is 412 g/mol. The molecule has 0 bridgehead atoms. The van der Waals surface area contributed by atoms with Gasteiger partial charge in [0.25, 0.3) is 11.8 Å². The van der Waals surface area contributed by atoms with Crippen LogP contribution in [-0.4, -0.2) is 62.8 Å². The van der Waals surface area contributed by atoms with E-state index in [1.807, 2.05) is 0 Å². The van der Waals surface area contributed by atoms with Crippen molar-refractivity contribution in [2.45, 2.75) is 18.8 Å². The molecule has 0 spiro atoms. The quantitative estimate of drug-likeness (QED) is 0.488. The second-order valence-electron chi connectivity index (χ2n) is 6.71. The van der Waals surface area contributed by atoms with E-state index in [2.05, 4.69) is 0 Å². The number of hydrogen-bond donors (Lipinski definition) is 0. The van der Waals surface area contributed by atoms with E-state index >= 15 is 0 Å². The first kappa shape index (κ1) is 21.5. The van der Waals surface area contributed by atoms with Crippen LogP contribution in [0, 0.1) is 0 Å². The van der Waals surface area contributed by atoms with Crippen molar-refractivity contribution in [3.63, 3.8) is 0 Å². The van der Waals surface area contributed by atoms with E-state index in [-0.39, 0.29) is 18.9 Å². The van der Waals surface area contributed by atoms with Gasteiger partial charge in [-0.1, -0.05) is 24.3 Å². The number of para-hydroxylation sites is 1. The fourth-order valence-corrected chi connectivity index (χ4v) is 3.39. The van der Waals surface area contributed by atoms with Gasteiger partial charge in [0.2, 0.25) is 5.91 Å². The van der Waals surface area contributed by atoms with Crippen molar-refractivity contribution in [1.82, 2.24) is 4.90 Å². The normalized spacial score (nSPS) is 16.3. The first-order valence-electron chi connectivity index (χ1n) is 9.42. The molecule has 0 aromatic heterocycles. The lowest BCUT2D eigenvalue weighted by Crippen LogP contribution is -2.49. The number of nitrogens with zero attached hydrogens (tertiary/aromatic N) is 2. The molecule has 1 aliphatic heterocycles. The molecule has 158 valence electrons. The van der Waals surface area contributed by atoms with Crippen LogP contribution < -0.4 is 9.64 Å². The summed E-state index contributed by atoms with van der Waals surface area (Å²) in [6.45, 7) is -0.0185. The highest BCUT2D eigenvalue weighted by Crippen LogP contribution is 2.27. The maximum absolute atomic E-state index is 13.3. The Hall–Kier alpha value is -3.23. The Morgan fingerprint density at radius 3 is 2.40 bits per heavy atom. The van der Waals surface area contributed by atoms with Gasteiger partial charge in [-0.3, -0.25) is 14.4 Å². The lowest BCUT2D eigenvalue weighted by atomic mass is 10.1. The fourth-order valence-electron chi connectivity index (χ4n) is 3.39. The number of carbonyl (C=O) groups is 3. The van der Waals surface area contributed by atoms with Crippen molar-refractivity contribution in [2.75, 3.05) is 32.8 Å². The molecule has 3 amide bonds. The van der Waals surface area contributed by atoms with Crippen molar-refractivity contribution >= 4 is 23.4 Å². The van der Waals surface area contributed by atoms with Crippen molar-refractivity contribution in [1.29, 1.82) is 0 Å². The highest BCUT2D eigenvalue weighted by molar-refractivity contribution is 6.23. The summed E-state index contributed by atoms with van der Waals surface area (Å²) in [4.78, 5) is 41.6. The van der Waals surface area contributed by atoms with Crippen molar-refractivity contribution < 1.29 is 28.6 Å². The topological polar surface area (TPSA) is 85.4 Å². The van der Waals surface area contributed by atoms with Crippen LogP contribution >= 0.6 is 0 Å². The van der Waals surface area contributed by atoms with E-state index < -0.39 is 24.1 Å². The molecule has 2 aromatic rings. The van der Waals surface area contributed by atoms with Gasteiger partial charge >= 0.3 is 0 Å². The first-order chi connectivity index (χ1) is 14.5. The molecule has 1 unspecified atom stereocenters. The molecule has 1 fully saturated rings. The van der Waals surface area contributed by atoms with Crippen LogP contribution in [0.1, 0.15) is 16.8 Å². The SMILES string of the molecule is COc1cccc(C(=O)N(CC(OC)OC)C2CC(=O)N(c3ccccc3)C2=O)c1. The van der Waals surface area contributed by atoms with Gasteiger partial charge in [0.1, 0.15) is 11.8 Å². The number of hydrogen-bond acceptors (Lipinski definition) is 6. The van der Waals surface area contributed by atoms with Gasteiger partial charge in [-0.05, 0) is 30.3 Å². The molecular weight excluding hydrogens is 388 g/mol. The van der Waals surface area contributed by atoms with Crippen LogP contribution in [0.3, 0.4) is 0 Å². The summed E-state index contributed by atoms with van der Waals surface area (Å²) in [5, 5.41) is 0. The first-order valence-corrected chi connectivity index (χ1v) is 9.42. The molecule has 2 aromatic carbocycles. The number of ether oxygens (including phenoxy) is 3. The van der Waals surface area contributed by atoms with Crippen LogP contribution in [0.15, 0.2) is 54.6 Å². The summed E-state index contributed by atoms with van der Waals surface area (Å²) in [5.74, 6) is -0.746. The van der Waals surface area contributed by atoms with E-state index in [1.54, 1.807) is 54.6 Å². The Morgan fingerprint density at radius 2 is 1.77 bits per heavy atom. The smallest absolute Gasteiger partial charge is 0.257 e. The maximum Gasteiger partial charge on any atom is 0.257 e. The molecule has 3 rings (SSSR count). The average molecular weight is 412 g/mol. The minimum atomic E-state index is -0.968. The summed E-state index contributed by atoms with van der Waals surface area (Å²) in [6.07, 6.45) is -0.878. The Labute approximate surface area is 174 Å². The highest BCUT2D eigenvalue weighted by Gasteiger charge is 2.45. The average Bonchev–Trinajstić information content (AvgIpc) is 3.08. The molecule has 0 N–H and O–H groups in total. The third-order valence-corrected chi connectivity index (χ3v) is 4.96. The van der Waals surface area contributed by atoms with Gasteiger partial charge < -0.3 is 19.1 Å². The summed E-state index contributed by atoms with van der Waals surface area (Å²) < 4.78 is 15.7. The van der Waals surface area contributed by atoms with E-state index in [0.29, 0.717) is 17.0 Å². The van der Waals surface area contributed by atoms with Gasteiger partial charge in [-0.2, -0.15) is 0 Å². The number of amides is 3. The summed E-state index contributed by atoms with van der Waals surface area (Å²) >= 11 is 0. The second-order valence-corrected chi connectivity index (χ2v) is 6.71. The lowest BCUT2D eigenvalue weighted by molar-refractivity contribution is -0.128. The number of imide groups is 1. The standard InChI is InChI=1S/C22H24N2O6/c1-28-17-11-7-8-15(12-17)21(26)23(14-20(29-2)30-3)18-13-19(25)24(22(18)27)16-9-5-4-6-10-16/h4-12,18,20H,13-14H2,1-3H3. The number of rotatable bonds is 8. The van der Waals surface area contributed by atoms with Crippen molar-refractivity contribution in [3.8, 4) is 5.75 Å². The van der Waals surface area contributed by atoms with Gasteiger partial charge in [0.15, 0.2) is 6.29 Å². The van der Waals surface area contributed by atoms with Crippen molar-refractivity contribution in [3.05, 3.63) is 60.2 Å². The molecule has 1 aliphatic rings. The zero-order valence-electron chi connectivity index (χ0n) is 17.1. The number of anilines is 1. The predicted octanol–water partition coefficient (Wildman–Crippen LogP) is 2.09. The lowest BCUT2D eigenvalue weighted by Gasteiger charge is -2.30. The molecule has 30 heavy (non-hydrogen) atoms. The van der Waals surface area contributed by atoms with E-state index in [9.17, 15) is 14.4 Å². The summed E-state index contributed by atoms with van der Waals surface area (Å²) in [5.41, 5.74) is 0.803. The van der Waals surface area contributed by atoms with E-state index in [1.165, 1.54) is 26.2 Å². The van der Waals surface area contributed by atoms with Gasteiger partial charge in [-0.25, -0.2) is 4.90 Å². The zero-order chi connectivity index (χ0) is 21.7. The molecule has 1 heterocycles. The third-order valence-electron chi connectivity index (χ3n) is 4.96. The van der Waals surface area contributed by atoms with Crippen LogP contribution in [0.4, 0.5) is 5.69 Å². The second kappa shape index (κ2) is 9.51. The molecule has 0 saturated carbocycles. The van der Waals surface area contributed by atoms with E-state index in [4.69, 9.17) is 14.2 Å². The Kier molecular flexibility index (Phi) is 6.81. The van der Waals surface area contributed by atoms with Crippen LogP contribution in [-0.2, 0) is 19.1 Å². The van der Waals surface area contributed by atoms with Gasteiger partial charge in [-0.15, -0.1) is 0 Å². The molecule has 0 radical (unpaired) electrons. The predicted molar refractivity (Wildman–Crippen MR) is 109 cm³/mol. The molecule has 0 aliphatic carbocycles.